The number of hydrogen-bond acceptors (Lipinski definition) is 4. The molecule has 2 unspecified atom stereocenters. The molecule has 3 N–H and O–H groups in total. The van der Waals surface area contributed by atoms with E-state index in [1.165, 1.54) is 0 Å². The third-order valence-corrected chi connectivity index (χ3v) is 5.65. The fourth-order valence-corrected chi connectivity index (χ4v) is 4.36. The van der Waals surface area contributed by atoms with Crippen LogP contribution in [0.25, 0.3) is 0 Å². The van der Waals surface area contributed by atoms with Gasteiger partial charge in [-0.3, -0.25) is 4.68 Å². The van der Waals surface area contributed by atoms with Crippen LogP contribution in [0, 0.1) is 19.8 Å². The van der Waals surface area contributed by atoms with Crippen LogP contribution in [0.15, 0.2) is 4.90 Å². The van der Waals surface area contributed by atoms with Gasteiger partial charge in [0.15, 0.2) is 0 Å². The van der Waals surface area contributed by atoms with Gasteiger partial charge in [0.1, 0.15) is 4.90 Å². The molecule has 6 nitrogen and oxygen atoms in total. The molecule has 114 valence electrons. The van der Waals surface area contributed by atoms with E-state index >= 15 is 0 Å². The Morgan fingerprint density at radius 3 is 2.70 bits per heavy atom. The second kappa shape index (κ2) is 5.83. The third kappa shape index (κ3) is 3.05. The average molecular weight is 300 g/mol. The van der Waals surface area contributed by atoms with Crippen LogP contribution in [0.2, 0.25) is 0 Å². The van der Waals surface area contributed by atoms with Gasteiger partial charge in [-0.05, 0) is 39.2 Å². The van der Waals surface area contributed by atoms with Crippen LogP contribution in [-0.4, -0.2) is 30.8 Å². The summed E-state index contributed by atoms with van der Waals surface area (Å²) in [5.41, 5.74) is 6.74. The highest BCUT2D eigenvalue weighted by Crippen LogP contribution is 2.35. The molecule has 1 aromatic heterocycles. The van der Waals surface area contributed by atoms with E-state index in [0.717, 1.165) is 19.3 Å². The number of hydrogen-bond donors (Lipinski definition) is 2. The molecular formula is C13H24N4O2S. The maximum Gasteiger partial charge on any atom is 0.244 e. The van der Waals surface area contributed by atoms with E-state index in [0.29, 0.717) is 35.3 Å². The Morgan fingerprint density at radius 1 is 1.45 bits per heavy atom. The molecule has 1 aliphatic carbocycles. The molecule has 1 heterocycles. The number of nitrogens with zero attached hydrogens (tertiary/aromatic N) is 2. The molecule has 20 heavy (non-hydrogen) atoms. The molecule has 2 rings (SSSR count). The zero-order valence-corrected chi connectivity index (χ0v) is 13.2. The fourth-order valence-electron chi connectivity index (χ4n) is 2.63. The highest BCUT2D eigenvalue weighted by Gasteiger charge is 2.39. The summed E-state index contributed by atoms with van der Waals surface area (Å²) in [5.74, 6) is 0.484. The molecule has 0 radical (unpaired) electrons. The van der Waals surface area contributed by atoms with Crippen LogP contribution >= 0.6 is 0 Å². The van der Waals surface area contributed by atoms with Crippen LogP contribution in [0.5, 0.6) is 0 Å². The van der Waals surface area contributed by atoms with E-state index < -0.39 is 10.0 Å². The summed E-state index contributed by atoms with van der Waals surface area (Å²) in [6.45, 7) is 6.85. The molecule has 7 heteroatoms. The molecule has 1 aliphatic rings. The SMILES string of the molecule is CCC1CC1NS(=O)(=O)c1c(C)nn(CCCN)c1C. The number of aryl methyl sites for hydroxylation is 2. The first-order valence-electron chi connectivity index (χ1n) is 7.17. The lowest BCUT2D eigenvalue weighted by atomic mass is 10.3. The quantitative estimate of drug-likeness (QED) is 0.783. The number of aromatic nitrogens is 2. The minimum Gasteiger partial charge on any atom is -0.330 e. The first-order chi connectivity index (χ1) is 9.40. The Labute approximate surface area is 120 Å². The van der Waals surface area contributed by atoms with Gasteiger partial charge in [-0.25, -0.2) is 13.1 Å². The summed E-state index contributed by atoms with van der Waals surface area (Å²) >= 11 is 0. The molecule has 0 spiro atoms. The first kappa shape index (κ1) is 15.5. The number of nitrogens with two attached hydrogens (primary N) is 1. The normalized spacial score (nSPS) is 22.2. The number of sulfonamides is 1. The standard InChI is InChI=1S/C13H24N4O2S/c1-4-11-8-12(11)16-20(18,19)13-9(2)15-17(10(13)3)7-5-6-14/h11-12,16H,4-8,14H2,1-3H3. The number of nitrogens with one attached hydrogen (secondary N) is 1. The van der Waals surface area contributed by atoms with Gasteiger partial charge in [-0.1, -0.05) is 13.3 Å². The fraction of sp³-hybridized carbons (Fsp3) is 0.769. The van der Waals surface area contributed by atoms with E-state index in [4.69, 9.17) is 5.73 Å². The Balaban J connectivity index is 2.21. The second-order valence-corrected chi connectivity index (χ2v) is 7.15. The van der Waals surface area contributed by atoms with Crippen molar-refractivity contribution in [3.63, 3.8) is 0 Å². The van der Waals surface area contributed by atoms with Gasteiger partial charge < -0.3 is 5.73 Å². The lowest BCUT2D eigenvalue weighted by Crippen LogP contribution is -2.28. The van der Waals surface area contributed by atoms with Crippen LogP contribution in [0.3, 0.4) is 0 Å². The van der Waals surface area contributed by atoms with Gasteiger partial charge in [-0.2, -0.15) is 5.10 Å². The average Bonchev–Trinajstić information content (AvgIpc) is 3.03. The monoisotopic (exact) mass is 300 g/mol. The topological polar surface area (TPSA) is 90.0 Å². The molecule has 0 bridgehead atoms. The highest BCUT2D eigenvalue weighted by atomic mass is 32.2. The van der Waals surface area contributed by atoms with Crippen molar-refractivity contribution >= 4 is 10.0 Å². The maximum absolute atomic E-state index is 12.5. The summed E-state index contributed by atoms with van der Waals surface area (Å²) in [5, 5.41) is 4.32. The van der Waals surface area contributed by atoms with Crippen molar-refractivity contribution in [1.29, 1.82) is 0 Å². The van der Waals surface area contributed by atoms with E-state index in [-0.39, 0.29) is 6.04 Å². The third-order valence-electron chi connectivity index (χ3n) is 3.91. The Morgan fingerprint density at radius 2 is 2.15 bits per heavy atom. The second-order valence-electron chi connectivity index (χ2n) is 5.50. The van der Waals surface area contributed by atoms with Crippen molar-refractivity contribution in [2.24, 2.45) is 11.7 Å². The van der Waals surface area contributed by atoms with Gasteiger partial charge in [-0.15, -0.1) is 0 Å². The summed E-state index contributed by atoms with van der Waals surface area (Å²) in [7, 11) is -3.47. The van der Waals surface area contributed by atoms with Gasteiger partial charge in [0.05, 0.1) is 11.4 Å². The van der Waals surface area contributed by atoms with E-state index in [1.54, 1.807) is 18.5 Å². The lowest BCUT2D eigenvalue weighted by molar-refractivity contribution is 0.562. The summed E-state index contributed by atoms with van der Waals surface area (Å²) in [4.78, 5) is 0.330. The molecule has 2 atom stereocenters. The first-order valence-corrected chi connectivity index (χ1v) is 8.65. The van der Waals surface area contributed by atoms with Crippen molar-refractivity contribution in [3.8, 4) is 0 Å². The smallest absolute Gasteiger partial charge is 0.244 e. The molecule has 1 fully saturated rings. The Kier molecular flexibility index (Phi) is 4.51. The van der Waals surface area contributed by atoms with Crippen molar-refractivity contribution in [2.75, 3.05) is 6.54 Å². The summed E-state index contributed by atoms with van der Waals surface area (Å²) in [6.07, 6.45) is 2.74. The predicted octanol–water partition coefficient (Wildman–Crippen LogP) is 0.926. The summed E-state index contributed by atoms with van der Waals surface area (Å²) < 4.78 is 29.5. The lowest BCUT2D eigenvalue weighted by Gasteiger charge is -2.07. The van der Waals surface area contributed by atoms with E-state index in [1.807, 2.05) is 0 Å². The number of rotatable bonds is 7. The molecular weight excluding hydrogens is 276 g/mol. The largest absolute Gasteiger partial charge is 0.330 e. The highest BCUT2D eigenvalue weighted by molar-refractivity contribution is 7.89. The van der Waals surface area contributed by atoms with Crippen molar-refractivity contribution in [2.45, 2.75) is 57.5 Å². The van der Waals surface area contributed by atoms with Crippen LogP contribution in [0.4, 0.5) is 0 Å². The van der Waals surface area contributed by atoms with Gasteiger partial charge >= 0.3 is 0 Å². The van der Waals surface area contributed by atoms with Crippen molar-refractivity contribution < 1.29 is 8.42 Å². The van der Waals surface area contributed by atoms with Crippen LogP contribution in [0.1, 0.15) is 37.6 Å². The van der Waals surface area contributed by atoms with E-state index in [9.17, 15) is 8.42 Å². The Bertz CT molecular complexity index is 579. The van der Waals surface area contributed by atoms with Gasteiger partial charge in [0, 0.05) is 12.6 Å². The van der Waals surface area contributed by atoms with Crippen molar-refractivity contribution in [1.82, 2.24) is 14.5 Å². The maximum atomic E-state index is 12.5. The summed E-state index contributed by atoms with van der Waals surface area (Å²) in [6, 6.07) is 0.0937. The van der Waals surface area contributed by atoms with Crippen LogP contribution < -0.4 is 10.5 Å². The van der Waals surface area contributed by atoms with Gasteiger partial charge in [0.25, 0.3) is 0 Å². The van der Waals surface area contributed by atoms with E-state index in [2.05, 4.69) is 16.7 Å². The zero-order valence-electron chi connectivity index (χ0n) is 12.4. The van der Waals surface area contributed by atoms with Gasteiger partial charge in [0.2, 0.25) is 10.0 Å². The molecule has 0 saturated heterocycles. The molecule has 0 aromatic carbocycles. The molecule has 0 aliphatic heterocycles. The minimum atomic E-state index is -3.47. The van der Waals surface area contributed by atoms with Crippen molar-refractivity contribution in [3.05, 3.63) is 11.4 Å². The van der Waals surface area contributed by atoms with Crippen LogP contribution in [-0.2, 0) is 16.6 Å². The Hall–Kier alpha value is -0.920. The minimum absolute atomic E-state index is 0.0937. The predicted molar refractivity (Wildman–Crippen MR) is 77.9 cm³/mol. The molecule has 0 amide bonds. The molecule has 1 saturated carbocycles. The zero-order chi connectivity index (χ0) is 14.9. The molecule has 1 aromatic rings.